The molecule has 0 spiro atoms. The molecule has 0 fully saturated rings. The largest absolute Gasteiger partial charge is 0.493 e. The van der Waals surface area contributed by atoms with Gasteiger partial charge >= 0.3 is 0 Å². The fourth-order valence-corrected chi connectivity index (χ4v) is 4.81. The average Bonchev–Trinajstić information content (AvgIpc) is 3.12. The first-order chi connectivity index (χ1) is 14.7. The van der Waals surface area contributed by atoms with Gasteiger partial charge in [0.25, 0.3) is 5.91 Å². The summed E-state index contributed by atoms with van der Waals surface area (Å²) in [5.74, 6) is 0.848. The van der Waals surface area contributed by atoms with Gasteiger partial charge in [-0.25, -0.2) is 8.42 Å². The molecule has 0 aliphatic carbocycles. The van der Waals surface area contributed by atoms with Gasteiger partial charge in [-0.05, 0) is 41.8 Å². The van der Waals surface area contributed by atoms with E-state index >= 15 is 0 Å². The molecule has 0 saturated heterocycles. The van der Waals surface area contributed by atoms with E-state index in [2.05, 4.69) is 13.8 Å². The Labute approximate surface area is 183 Å². The fraction of sp³-hybridized carbons (Fsp3) is 0.348. The second-order valence-electron chi connectivity index (χ2n) is 7.56. The molecular formula is C23H27NO6S. The van der Waals surface area contributed by atoms with Crippen molar-refractivity contribution in [3.05, 3.63) is 59.0 Å². The van der Waals surface area contributed by atoms with Gasteiger partial charge in [-0.15, -0.1) is 0 Å². The Hall–Kier alpha value is -3.00. The Morgan fingerprint density at radius 3 is 2.00 bits per heavy atom. The van der Waals surface area contributed by atoms with Gasteiger partial charge in [0.15, 0.2) is 21.3 Å². The number of amides is 1. The molecule has 7 nitrogen and oxygen atoms in total. The van der Waals surface area contributed by atoms with E-state index in [-0.39, 0.29) is 11.7 Å². The van der Waals surface area contributed by atoms with Crippen molar-refractivity contribution in [1.82, 2.24) is 0 Å². The molecule has 1 amide bonds. The van der Waals surface area contributed by atoms with E-state index < -0.39 is 15.9 Å². The Balaban J connectivity index is 2.09. The number of anilines is 1. The molecule has 1 atom stereocenters. The number of sulfone groups is 1. The summed E-state index contributed by atoms with van der Waals surface area (Å²) < 4.78 is 40.2. The van der Waals surface area contributed by atoms with E-state index in [0.29, 0.717) is 34.4 Å². The highest BCUT2D eigenvalue weighted by atomic mass is 32.2. The van der Waals surface area contributed by atoms with Crippen LogP contribution >= 0.6 is 0 Å². The molecule has 0 N–H and O–H groups in total. The number of methoxy groups -OCH3 is 3. The third-order valence-corrected chi connectivity index (χ3v) is 6.59. The molecule has 1 heterocycles. The monoisotopic (exact) mass is 445 g/mol. The van der Waals surface area contributed by atoms with Crippen molar-refractivity contribution < 1.29 is 27.4 Å². The molecule has 0 aromatic heterocycles. The lowest BCUT2D eigenvalue weighted by atomic mass is 10.0. The Morgan fingerprint density at radius 2 is 1.58 bits per heavy atom. The zero-order valence-electron chi connectivity index (χ0n) is 18.3. The van der Waals surface area contributed by atoms with E-state index in [1.165, 1.54) is 26.2 Å². The van der Waals surface area contributed by atoms with Crippen molar-refractivity contribution >= 4 is 21.4 Å². The maximum absolute atomic E-state index is 13.6. The Bertz CT molecular complexity index is 1060. The quantitative estimate of drug-likeness (QED) is 0.645. The van der Waals surface area contributed by atoms with Crippen molar-refractivity contribution in [1.29, 1.82) is 0 Å². The normalized spacial score (nSPS) is 16.9. The Kier molecular flexibility index (Phi) is 6.59. The summed E-state index contributed by atoms with van der Waals surface area (Å²) in [5.41, 5.74) is 2.02. The van der Waals surface area contributed by atoms with Crippen LogP contribution in [0.3, 0.4) is 0 Å². The molecule has 0 saturated carbocycles. The summed E-state index contributed by atoms with van der Waals surface area (Å²) in [6, 6.07) is 10.1. The maximum Gasteiger partial charge on any atom is 0.259 e. The van der Waals surface area contributed by atoms with Gasteiger partial charge in [0, 0.05) is 16.7 Å². The lowest BCUT2D eigenvalue weighted by molar-refractivity contribution is 0.0982. The van der Waals surface area contributed by atoms with E-state index in [1.807, 2.05) is 24.3 Å². The summed E-state index contributed by atoms with van der Waals surface area (Å²) in [6.45, 7) is 4.17. The summed E-state index contributed by atoms with van der Waals surface area (Å²) in [7, 11) is 1.06. The molecule has 3 rings (SSSR count). The third kappa shape index (κ3) is 4.69. The van der Waals surface area contributed by atoms with Crippen molar-refractivity contribution in [3.8, 4) is 17.2 Å². The lowest BCUT2D eigenvalue weighted by Crippen LogP contribution is -2.41. The molecule has 1 aliphatic heterocycles. The minimum absolute atomic E-state index is 0.172. The van der Waals surface area contributed by atoms with Crippen LogP contribution < -0.4 is 19.1 Å². The summed E-state index contributed by atoms with van der Waals surface area (Å²) in [5, 5.41) is 1.16. The van der Waals surface area contributed by atoms with E-state index in [1.54, 1.807) is 18.2 Å². The molecule has 8 heteroatoms. The zero-order valence-corrected chi connectivity index (χ0v) is 19.1. The van der Waals surface area contributed by atoms with Gasteiger partial charge in [0.2, 0.25) is 5.75 Å². The lowest BCUT2D eigenvalue weighted by Gasteiger charge is -2.28. The van der Waals surface area contributed by atoms with Gasteiger partial charge in [-0.2, -0.15) is 0 Å². The predicted molar refractivity (Wildman–Crippen MR) is 120 cm³/mol. The molecule has 2 aromatic carbocycles. The zero-order chi connectivity index (χ0) is 22.8. The highest BCUT2D eigenvalue weighted by molar-refractivity contribution is 7.94. The molecule has 0 bridgehead atoms. The molecular weight excluding hydrogens is 418 g/mol. The number of carbonyl (C=O) groups is 1. The van der Waals surface area contributed by atoms with E-state index in [4.69, 9.17) is 14.2 Å². The first kappa shape index (κ1) is 22.7. The van der Waals surface area contributed by atoms with Crippen LogP contribution in [0.4, 0.5) is 5.69 Å². The van der Waals surface area contributed by atoms with Gasteiger partial charge in [-0.3, -0.25) is 4.79 Å². The van der Waals surface area contributed by atoms with Crippen LogP contribution in [0.1, 0.15) is 35.7 Å². The SMILES string of the molecule is COc1cc(C(=O)N(c2ccc(C(C)C)cc2)C2C=CS(=O)(=O)C2)cc(OC)c1OC. The third-order valence-electron chi connectivity index (χ3n) is 5.21. The van der Waals surface area contributed by atoms with Crippen molar-refractivity contribution in [2.45, 2.75) is 25.8 Å². The van der Waals surface area contributed by atoms with Crippen LogP contribution in [0.2, 0.25) is 0 Å². The number of nitrogens with zero attached hydrogens (tertiary/aromatic N) is 1. The van der Waals surface area contributed by atoms with E-state index in [9.17, 15) is 13.2 Å². The van der Waals surface area contributed by atoms with Gasteiger partial charge in [0.05, 0.1) is 33.1 Å². The summed E-state index contributed by atoms with van der Waals surface area (Å²) in [4.78, 5) is 15.1. The minimum Gasteiger partial charge on any atom is -0.493 e. The second-order valence-corrected chi connectivity index (χ2v) is 9.49. The highest BCUT2D eigenvalue weighted by Gasteiger charge is 2.33. The number of rotatable bonds is 7. The molecule has 166 valence electrons. The van der Waals surface area contributed by atoms with Crippen LogP contribution in [0, 0.1) is 0 Å². The maximum atomic E-state index is 13.6. The standard InChI is InChI=1S/C23H27NO6S/c1-15(2)16-6-8-18(9-7-16)24(19-10-11-31(26,27)14-19)23(25)17-12-20(28-3)22(30-5)21(13-17)29-4/h6-13,15,19H,14H2,1-5H3. The van der Waals surface area contributed by atoms with E-state index in [0.717, 1.165) is 11.0 Å². The molecule has 0 radical (unpaired) electrons. The van der Waals surface area contributed by atoms with Crippen molar-refractivity contribution in [2.24, 2.45) is 0 Å². The summed E-state index contributed by atoms with van der Waals surface area (Å²) in [6.07, 6.45) is 1.54. The molecule has 31 heavy (non-hydrogen) atoms. The van der Waals surface area contributed by atoms with Gasteiger partial charge in [0.1, 0.15) is 0 Å². The number of benzene rings is 2. The fourth-order valence-electron chi connectivity index (χ4n) is 3.54. The number of hydrogen-bond acceptors (Lipinski definition) is 6. The van der Waals surface area contributed by atoms with Crippen LogP contribution in [0.5, 0.6) is 17.2 Å². The molecule has 1 unspecified atom stereocenters. The highest BCUT2D eigenvalue weighted by Crippen LogP contribution is 2.39. The molecule has 2 aromatic rings. The summed E-state index contributed by atoms with van der Waals surface area (Å²) >= 11 is 0. The second kappa shape index (κ2) is 9.01. The van der Waals surface area contributed by atoms with Crippen LogP contribution in [0.25, 0.3) is 0 Å². The van der Waals surface area contributed by atoms with Gasteiger partial charge in [-0.1, -0.05) is 26.0 Å². The Morgan fingerprint density at radius 1 is 1.00 bits per heavy atom. The van der Waals surface area contributed by atoms with Gasteiger partial charge < -0.3 is 19.1 Å². The smallest absolute Gasteiger partial charge is 0.259 e. The first-order valence-corrected chi connectivity index (χ1v) is 11.6. The van der Waals surface area contributed by atoms with Crippen LogP contribution in [-0.4, -0.2) is 47.4 Å². The topological polar surface area (TPSA) is 82.1 Å². The predicted octanol–water partition coefficient (Wildman–Crippen LogP) is 3.79. The van der Waals surface area contributed by atoms with Crippen LogP contribution in [0.15, 0.2) is 47.9 Å². The number of ether oxygens (including phenoxy) is 3. The van der Waals surface area contributed by atoms with Crippen molar-refractivity contribution in [2.75, 3.05) is 32.0 Å². The minimum atomic E-state index is -3.37. The molecule has 1 aliphatic rings. The average molecular weight is 446 g/mol. The first-order valence-electron chi connectivity index (χ1n) is 9.85. The van der Waals surface area contributed by atoms with Crippen LogP contribution in [-0.2, 0) is 9.84 Å². The number of carbonyl (C=O) groups excluding carboxylic acids is 1. The van der Waals surface area contributed by atoms with Crippen molar-refractivity contribution in [3.63, 3.8) is 0 Å². The number of hydrogen-bond donors (Lipinski definition) is 0.